The van der Waals surface area contributed by atoms with E-state index in [4.69, 9.17) is 21.4 Å². The number of carboxylic acids is 1. The fraction of sp³-hybridized carbons (Fsp3) is 0.263. The molecule has 0 atom stereocenters. The molecule has 0 aliphatic carbocycles. The van der Waals surface area contributed by atoms with E-state index in [-0.39, 0.29) is 17.0 Å². The van der Waals surface area contributed by atoms with Crippen molar-refractivity contribution in [3.63, 3.8) is 0 Å². The Bertz CT molecular complexity index is 819. The summed E-state index contributed by atoms with van der Waals surface area (Å²) in [4.78, 5) is 25.6. The molecule has 0 spiro atoms. The third-order valence-corrected chi connectivity index (χ3v) is 4.53. The fourth-order valence-electron chi connectivity index (χ4n) is 2.75. The van der Waals surface area contributed by atoms with Gasteiger partial charge in [-0.1, -0.05) is 23.7 Å². The van der Waals surface area contributed by atoms with Crippen LogP contribution < -0.4 is 5.32 Å². The van der Waals surface area contributed by atoms with Crippen LogP contribution >= 0.6 is 11.6 Å². The number of hydrogen-bond donors (Lipinski definition) is 2. The SMILES string of the molecule is O=C(O)c1cccc(C(=O)Nc2ccc(CN3CCOCC3)c(Cl)c2)c1. The summed E-state index contributed by atoms with van der Waals surface area (Å²) in [6, 6.07) is 11.3. The number of carbonyl (C=O) groups excluding carboxylic acids is 1. The summed E-state index contributed by atoms with van der Waals surface area (Å²) < 4.78 is 5.34. The summed E-state index contributed by atoms with van der Waals surface area (Å²) in [6.07, 6.45) is 0. The van der Waals surface area contributed by atoms with Gasteiger partial charge in [0.15, 0.2) is 0 Å². The van der Waals surface area contributed by atoms with Crippen LogP contribution in [0.2, 0.25) is 5.02 Å². The van der Waals surface area contributed by atoms with E-state index in [1.807, 2.05) is 6.07 Å². The molecular weight excluding hydrogens is 356 g/mol. The van der Waals surface area contributed by atoms with Crippen molar-refractivity contribution in [2.75, 3.05) is 31.6 Å². The standard InChI is InChI=1S/C19H19ClN2O4/c20-17-11-16(5-4-15(17)12-22-6-8-26-9-7-22)21-18(23)13-2-1-3-14(10-13)19(24)25/h1-5,10-11H,6-9,12H2,(H,21,23)(H,24,25). The van der Waals surface area contributed by atoms with E-state index in [9.17, 15) is 9.59 Å². The van der Waals surface area contributed by atoms with Crippen LogP contribution in [0.4, 0.5) is 5.69 Å². The summed E-state index contributed by atoms with van der Waals surface area (Å²) in [5, 5.41) is 12.3. The van der Waals surface area contributed by atoms with Crippen molar-refractivity contribution in [2.24, 2.45) is 0 Å². The number of ether oxygens (including phenoxy) is 1. The van der Waals surface area contributed by atoms with Gasteiger partial charge >= 0.3 is 5.97 Å². The highest BCUT2D eigenvalue weighted by molar-refractivity contribution is 6.31. The van der Waals surface area contributed by atoms with E-state index in [2.05, 4.69) is 10.2 Å². The summed E-state index contributed by atoms with van der Waals surface area (Å²) >= 11 is 6.36. The minimum Gasteiger partial charge on any atom is -0.478 e. The molecule has 1 fully saturated rings. The first kappa shape index (κ1) is 18.4. The molecule has 7 heteroatoms. The first-order valence-corrected chi connectivity index (χ1v) is 8.64. The first-order valence-electron chi connectivity index (χ1n) is 8.26. The van der Waals surface area contributed by atoms with Crippen molar-refractivity contribution in [1.82, 2.24) is 4.90 Å². The lowest BCUT2D eigenvalue weighted by Gasteiger charge is -2.27. The van der Waals surface area contributed by atoms with Crippen molar-refractivity contribution in [3.05, 3.63) is 64.2 Å². The van der Waals surface area contributed by atoms with E-state index in [1.54, 1.807) is 18.2 Å². The van der Waals surface area contributed by atoms with E-state index in [0.29, 0.717) is 10.7 Å². The van der Waals surface area contributed by atoms with Crippen LogP contribution in [0.3, 0.4) is 0 Å². The predicted molar refractivity (Wildman–Crippen MR) is 98.9 cm³/mol. The molecule has 1 saturated heterocycles. The zero-order valence-corrected chi connectivity index (χ0v) is 14.8. The van der Waals surface area contributed by atoms with Gasteiger partial charge in [0.2, 0.25) is 0 Å². The monoisotopic (exact) mass is 374 g/mol. The number of carbonyl (C=O) groups is 2. The van der Waals surface area contributed by atoms with Gasteiger partial charge in [-0.15, -0.1) is 0 Å². The molecular formula is C19H19ClN2O4. The lowest BCUT2D eigenvalue weighted by atomic mass is 10.1. The highest BCUT2D eigenvalue weighted by atomic mass is 35.5. The number of nitrogens with one attached hydrogen (secondary N) is 1. The normalized spacial score (nSPS) is 14.8. The molecule has 1 heterocycles. The number of benzene rings is 2. The molecule has 0 unspecified atom stereocenters. The Hall–Kier alpha value is -2.41. The van der Waals surface area contributed by atoms with E-state index in [0.717, 1.165) is 38.4 Å². The van der Waals surface area contributed by atoms with Gasteiger partial charge in [0.25, 0.3) is 5.91 Å². The highest BCUT2D eigenvalue weighted by Gasteiger charge is 2.14. The second-order valence-electron chi connectivity index (χ2n) is 6.03. The van der Waals surface area contributed by atoms with E-state index >= 15 is 0 Å². The van der Waals surface area contributed by atoms with Crippen LogP contribution in [-0.4, -0.2) is 48.2 Å². The fourth-order valence-corrected chi connectivity index (χ4v) is 2.99. The third-order valence-electron chi connectivity index (χ3n) is 4.18. The maximum absolute atomic E-state index is 12.3. The van der Waals surface area contributed by atoms with Crippen molar-refractivity contribution in [1.29, 1.82) is 0 Å². The van der Waals surface area contributed by atoms with Crippen LogP contribution in [0.25, 0.3) is 0 Å². The average molecular weight is 375 g/mol. The molecule has 1 amide bonds. The number of halogens is 1. The summed E-state index contributed by atoms with van der Waals surface area (Å²) in [5.74, 6) is -1.46. The predicted octanol–water partition coefficient (Wildman–Crippen LogP) is 3.12. The van der Waals surface area contributed by atoms with Gasteiger partial charge in [-0.05, 0) is 35.9 Å². The zero-order valence-electron chi connectivity index (χ0n) is 14.1. The second-order valence-corrected chi connectivity index (χ2v) is 6.44. The smallest absolute Gasteiger partial charge is 0.335 e. The Morgan fingerprint density at radius 2 is 1.85 bits per heavy atom. The number of anilines is 1. The maximum Gasteiger partial charge on any atom is 0.335 e. The molecule has 1 aliphatic heterocycles. The molecule has 0 saturated carbocycles. The number of aromatic carboxylic acids is 1. The Morgan fingerprint density at radius 1 is 1.12 bits per heavy atom. The van der Waals surface area contributed by atoms with Crippen LogP contribution in [-0.2, 0) is 11.3 Å². The van der Waals surface area contributed by atoms with Crippen molar-refractivity contribution < 1.29 is 19.4 Å². The van der Waals surface area contributed by atoms with Crippen LogP contribution in [0.15, 0.2) is 42.5 Å². The molecule has 1 aliphatic rings. The van der Waals surface area contributed by atoms with Gasteiger partial charge < -0.3 is 15.2 Å². The Morgan fingerprint density at radius 3 is 2.54 bits per heavy atom. The molecule has 0 aromatic heterocycles. The third kappa shape index (κ3) is 4.60. The molecule has 0 radical (unpaired) electrons. The number of rotatable bonds is 5. The van der Waals surface area contributed by atoms with Crippen molar-refractivity contribution in [2.45, 2.75) is 6.54 Å². The topological polar surface area (TPSA) is 78.9 Å². The quantitative estimate of drug-likeness (QED) is 0.840. The van der Waals surface area contributed by atoms with Gasteiger partial charge in [-0.2, -0.15) is 0 Å². The number of nitrogens with zero attached hydrogens (tertiary/aromatic N) is 1. The summed E-state index contributed by atoms with van der Waals surface area (Å²) in [6.45, 7) is 3.92. The maximum atomic E-state index is 12.3. The van der Waals surface area contributed by atoms with Gasteiger partial charge in [0.1, 0.15) is 0 Å². The van der Waals surface area contributed by atoms with Crippen LogP contribution in [0.1, 0.15) is 26.3 Å². The minimum absolute atomic E-state index is 0.0662. The van der Waals surface area contributed by atoms with Crippen LogP contribution in [0.5, 0.6) is 0 Å². The molecule has 2 aromatic rings. The number of amides is 1. The average Bonchev–Trinajstić information content (AvgIpc) is 2.65. The van der Waals surface area contributed by atoms with Crippen LogP contribution in [0, 0.1) is 0 Å². The largest absolute Gasteiger partial charge is 0.478 e. The second kappa shape index (κ2) is 8.31. The van der Waals surface area contributed by atoms with Gasteiger partial charge in [0, 0.05) is 35.9 Å². The molecule has 2 N–H and O–H groups in total. The molecule has 3 rings (SSSR count). The molecule has 2 aromatic carbocycles. The summed E-state index contributed by atoms with van der Waals surface area (Å²) in [5.41, 5.74) is 1.89. The lowest BCUT2D eigenvalue weighted by molar-refractivity contribution is 0.0342. The molecule has 26 heavy (non-hydrogen) atoms. The molecule has 0 bridgehead atoms. The Kier molecular flexibility index (Phi) is 5.88. The molecule has 136 valence electrons. The number of morpholine rings is 1. The highest BCUT2D eigenvalue weighted by Crippen LogP contribution is 2.23. The van der Waals surface area contributed by atoms with E-state index < -0.39 is 5.97 Å². The minimum atomic E-state index is -1.07. The molecule has 6 nitrogen and oxygen atoms in total. The first-order chi connectivity index (χ1) is 12.5. The zero-order chi connectivity index (χ0) is 18.5. The van der Waals surface area contributed by atoms with Gasteiger partial charge in [0.05, 0.1) is 18.8 Å². The Balaban J connectivity index is 1.68. The lowest BCUT2D eigenvalue weighted by Crippen LogP contribution is -2.35. The van der Waals surface area contributed by atoms with E-state index in [1.165, 1.54) is 18.2 Å². The van der Waals surface area contributed by atoms with Gasteiger partial charge in [-0.3, -0.25) is 9.69 Å². The summed E-state index contributed by atoms with van der Waals surface area (Å²) in [7, 11) is 0. The number of hydrogen-bond acceptors (Lipinski definition) is 4. The Labute approximate surface area is 156 Å². The van der Waals surface area contributed by atoms with Crippen molar-refractivity contribution in [3.8, 4) is 0 Å². The van der Waals surface area contributed by atoms with Gasteiger partial charge in [-0.25, -0.2) is 4.79 Å². The number of carboxylic acid groups (broad SMARTS) is 1. The van der Waals surface area contributed by atoms with Crippen molar-refractivity contribution >= 4 is 29.2 Å².